The monoisotopic (exact) mass is 260 g/mol. The summed E-state index contributed by atoms with van der Waals surface area (Å²) >= 11 is 0. The predicted octanol–water partition coefficient (Wildman–Crippen LogP) is 1.43. The number of aromatic hydroxyl groups is 1. The van der Waals surface area contributed by atoms with Crippen LogP contribution in [-0.2, 0) is 0 Å². The highest BCUT2D eigenvalue weighted by Gasteiger charge is 2.06. The summed E-state index contributed by atoms with van der Waals surface area (Å²) in [6.07, 6.45) is 0. The molecule has 0 aliphatic rings. The van der Waals surface area contributed by atoms with Crippen LogP contribution in [0.4, 0.5) is 16.3 Å². The second-order valence-corrected chi connectivity index (χ2v) is 3.88. The second kappa shape index (κ2) is 5.21. The minimum atomic E-state index is -0.492. The van der Waals surface area contributed by atoms with Gasteiger partial charge in [0.2, 0.25) is 0 Å². The van der Waals surface area contributed by atoms with Crippen LogP contribution in [0.2, 0.25) is 0 Å². The first kappa shape index (κ1) is 12.6. The number of nitrogens with zero attached hydrogens (tertiary/aromatic N) is 1. The molecule has 0 unspecified atom stereocenters. The Labute approximate surface area is 108 Å². The molecule has 7 nitrogen and oxygen atoms in total. The van der Waals surface area contributed by atoms with Gasteiger partial charge in [0.25, 0.3) is 5.56 Å². The van der Waals surface area contributed by atoms with E-state index in [1.165, 1.54) is 24.3 Å². The SMILES string of the molecule is Cc1cc(O)ccc1NC(=O)Nc1ccc(=O)[nH]n1. The van der Waals surface area contributed by atoms with E-state index in [0.717, 1.165) is 5.56 Å². The van der Waals surface area contributed by atoms with Gasteiger partial charge >= 0.3 is 6.03 Å². The summed E-state index contributed by atoms with van der Waals surface area (Å²) in [7, 11) is 0. The highest BCUT2D eigenvalue weighted by atomic mass is 16.3. The number of H-pyrrole nitrogens is 1. The van der Waals surface area contributed by atoms with Crippen LogP contribution < -0.4 is 16.2 Å². The van der Waals surface area contributed by atoms with Crippen LogP contribution in [0.15, 0.2) is 35.1 Å². The van der Waals surface area contributed by atoms with Gasteiger partial charge in [-0.05, 0) is 36.8 Å². The van der Waals surface area contributed by atoms with Gasteiger partial charge in [0.15, 0.2) is 5.82 Å². The first-order valence-electron chi connectivity index (χ1n) is 5.48. The number of anilines is 2. The number of rotatable bonds is 2. The van der Waals surface area contributed by atoms with Crippen molar-refractivity contribution in [2.24, 2.45) is 0 Å². The molecular formula is C12H12N4O3. The maximum atomic E-state index is 11.7. The first-order chi connectivity index (χ1) is 9.04. The van der Waals surface area contributed by atoms with Crippen molar-refractivity contribution in [3.05, 3.63) is 46.2 Å². The summed E-state index contributed by atoms with van der Waals surface area (Å²) in [5.41, 5.74) is 0.949. The average Bonchev–Trinajstić information content (AvgIpc) is 2.36. The van der Waals surface area contributed by atoms with E-state index in [9.17, 15) is 14.7 Å². The summed E-state index contributed by atoms with van der Waals surface area (Å²) < 4.78 is 0. The Morgan fingerprint density at radius 2 is 2.05 bits per heavy atom. The number of amides is 2. The van der Waals surface area contributed by atoms with E-state index in [1.54, 1.807) is 13.0 Å². The van der Waals surface area contributed by atoms with Crippen molar-refractivity contribution in [2.45, 2.75) is 6.92 Å². The fraction of sp³-hybridized carbons (Fsp3) is 0.0833. The number of hydrogen-bond acceptors (Lipinski definition) is 4. The highest BCUT2D eigenvalue weighted by Crippen LogP contribution is 2.20. The van der Waals surface area contributed by atoms with Gasteiger partial charge in [-0.2, -0.15) is 5.10 Å². The van der Waals surface area contributed by atoms with Crippen LogP contribution in [0.3, 0.4) is 0 Å². The number of benzene rings is 1. The number of phenols is 1. The standard InChI is InChI=1S/C12H12N4O3/c1-7-6-8(17)2-3-9(7)13-12(19)14-10-4-5-11(18)16-15-10/h2-6,17H,1H3,(H,16,18)(H2,13,14,15,19). The van der Waals surface area contributed by atoms with E-state index in [-0.39, 0.29) is 17.1 Å². The van der Waals surface area contributed by atoms with Crippen molar-refractivity contribution in [2.75, 3.05) is 10.6 Å². The van der Waals surface area contributed by atoms with Gasteiger partial charge in [-0.1, -0.05) is 0 Å². The lowest BCUT2D eigenvalue weighted by Gasteiger charge is -2.09. The zero-order valence-corrected chi connectivity index (χ0v) is 10.1. The quantitative estimate of drug-likeness (QED) is 0.612. The topological polar surface area (TPSA) is 107 Å². The van der Waals surface area contributed by atoms with Crippen LogP contribution in [-0.4, -0.2) is 21.3 Å². The molecule has 0 spiro atoms. The number of aromatic amines is 1. The molecule has 7 heteroatoms. The molecule has 19 heavy (non-hydrogen) atoms. The van der Waals surface area contributed by atoms with Gasteiger partial charge in [0.1, 0.15) is 5.75 Å². The normalized spacial score (nSPS) is 9.95. The van der Waals surface area contributed by atoms with Gasteiger partial charge in [0, 0.05) is 11.8 Å². The van der Waals surface area contributed by atoms with E-state index in [1.807, 2.05) is 0 Å². The van der Waals surface area contributed by atoms with Crippen LogP contribution in [0, 0.1) is 6.92 Å². The van der Waals surface area contributed by atoms with Crippen LogP contribution in [0.1, 0.15) is 5.56 Å². The summed E-state index contributed by atoms with van der Waals surface area (Å²) in [6.45, 7) is 1.76. The molecule has 1 heterocycles. The molecule has 0 aliphatic carbocycles. The molecule has 4 N–H and O–H groups in total. The Kier molecular flexibility index (Phi) is 3.46. The molecule has 2 amide bonds. The zero-order valence-electron chi connectivity index (χ0n) is 10.1. The molecule has 1 aromatic carbocycles. The van der Waals surface area contributed by atoms with Crippen molar-refractivity contribution in [1.82, 2.24) is 10.2 Å². The molecule has 2 aromatic rings. The van der Waals surface area contributed by atoms with Crippen molar-refractivity contribution in [1.29, 1.82) is 0 Å². The predicted molar refractivity (Wildman–Crippen MR) is 70.3 cm³/mol. The van der Waals surface area contributed by atoms with Crippen molar-refractivity contribution < 1.29 is 9.90 Å². The Hall–Kier alpha value is -2.83. The van der Waals surface area contributed by atoms with Crippen LogP contribution >= 0.6 is 0 Å². The van der Waals surface area contributed by atoms with Crippen molar-refractivity contribution in [3.63, 3.8) is 0 Å². The van der Waals surface area contributed by atoms with Crippen LogP contribution in [0.25, 0.3) is 0 Å². The molecule has 0 fully saturated rings. The molecule has 0 bridgehead atoms. The molecule has 0 saturated carbocycles. The summed E-state index contributed by atoms with van der Waals surface area (Å²) in [4.78, 5) is 22.5. The molecule has 98 valence electrons. The number of nitrogens with one attached hydrogen (secondary N) is 3. The molecule has 0 radical (unpaired) electrons. The lowest BCUT2D eigenvalue weighted by Crippen LogP contribution is -2.21. The van der Waals surface area contributed by atoms with E-state index in [0.29, 0.717) is 5.69 Å². The fourth-order valence-electron chi connectivity index (χ4n) is 1.47. The summed E-state index contributed by atoms with van der Waals surface area (Å²) in [6, 6.07) is 6.75. The Bertz CT molecular complexity index is 646. The number of phenolic OH excluding ortho intramolecular Hbond substituents is 1. The maximum Gasteiger partial charge on any atom is 0.324 e. The van der Waals surface area contributed by atoms with Gasteiger partial charge < -0.3 is 10.4 Å². The van der Waals surface area contributed by atoms with Crippen molar-refractivity contribution in [3.8, 4) is 5.75 Å². The molecule has 0 saturated heterocycles. The third kappa shape index (κ3) is 3.32. The number of carbonyl (C=O) groups excluding carboxylic acids is 1. The van der Waals surface area contributed by atoms with E-state index < -0.39 is 6.03 Å². The van der Waals surface area contributed by atoms with Gasteiger partial charge in [-0.15, -0.1) is 0 Å². The minimum Gasteiger partial charge on any atom is -0.508 e. The summed E-state index contributed by atoms with van der Waals surface area (Å²) in [5.74, 6) is 0.360. The van der Waals surface area contributed by atoms with Crippen LogP contribution in [0.5, 0.6) is 5.75 Å². The van der Waals surface area contributed by atoms with E-state index >= 15 is 0 Å². The third-order valence-electron chi connectivity index (χ3n) is 2.38. The third-order valence-corrected chi connectivity index (χ3v) is 2.38. The lowest BCUT2D eigenvalue weighted by atomic mass is 10.2. The van der Waals surface area contributed by atoms with E-state index in [4.69, 9.17) is 0 Å². The summed E-state index contributed by atoms with van der Waals surface area (Å²) in [5, 5.41) is 20.2. The van der Waals surface area contributed by atoms with Gasteiger partial charge in [-0.25, -0.2) is 9.89 Å². The number of hydrogen-bond donors (Lipinski definition) is 4. The molecule has 1 aromatic heterocycles. The Balaban J connectivity index is 2.05. The number of aromatic nitrogens is 2. The van der Waals surface area contributed by atoms with E-state index in [2.05, 4.69) is 20.8 Å². The lowest BCUT2D eigenvalue weighted by molar-refractivity contribution is 0.262. The fourth-order valence-corrected chi connectivity index (χ4v) is 1.47. The van der Waals surface area contributed by atoms with Gasteiger partial charge in [-0.3, -0.25) is 10.1 Å². The second-order valence-electron chi connectivity index (χ2n) is 3.88. The maximum absolute atomic E-state index is 11.7. The molecule has 2 rings (SSSR count). The van der Waals surface area contributed by atoms with Gasteiger partial charge in [0.05, 0.1) is 0 Å². The smallest absolute Gasteiger partial charge is 0.324 e. The zero-order chi connectivity index (χ0) is 13.8. The largest absolute Gasteiger partial charge is 0.508 e. The minimum absolute atomic E-state index is 0.130. The number of aryl methyl sites for hydroxylation is 1. The first-order valence-corrected chi connectivity index (χ1v) is 5.48. The Morgan fingerprint density at radius 1 is 1.26 bits per heavy atom. The Morgan fingerprint density at radius 3 is 2.68 bits per heavy atom. The molecule has 0 atom stereocenters. The van der Waals surface area contributed by atoms with Crippen molar-refractivity contribution >= 4 is 17.5 Å². The average molecular weight is 260 g/mol. The number of carbonyl (C=O) groups is 1. The molecule has 0 aliphatic heterocycles. The molecular weight excluding hydrogens is 248 g/mol. The highest BCUT2D eigenvalue weighted by molar-refractivity contribution is 5.99. The number of urea groups is 1.